The highest BCUT2D eigenvalue weighted by Gasteiger charge is 2.46. The first-order valence-electron chi connectivity index (χ1n) is 23.7. The third-order valence-electron chi connectivity index (χ3n) is 14.9. The van der Waals surface area contributed by atoms with E-state index < -0.39 is 0 Å². The van der Waals surface area contributed by atoms with E-state index in [1.165, 1.54) is 83.2 Å². The predicted octanol–water partition coefficient (Wildman–Crippen LogP) is 14.6. The van der Waals surface area contributed by atoms with Gasteiger partial charge in [0.2, 0.25) is 0 Å². The minimum absolute atomic E-state index is 0.0511. The standard InChI is InChI=1S/C63H45BN4/c1-63(2)52-37-47(65(42-21-8-3-9-22-42)43-23-10-4-11-24-43)35-36-48(52)50-38-60-54(40-53(50)63)64-55-41-59-51(49-31-18-19-32-56(49)66(59)44-25-12-5-13-26-44)39-61(55)68(46-29-16-7-17-30-46)58-34-20-33-57(62(58)64)67(60)45-27-14-6-15-28-45/h3-41H,1-2H3. The maximum Gasteiger partial charge on any atom is 0.252 e. The van der Waals surface area contributed by atoms with Crippen molar-refractivity contribution in [2.75, 3.05) is 14.7 Å². The van der Waals surface area contributed by atoms with Crippen molar-refractivity contribution in [1.29, 1.82) is 0 Å². The van der Waals surface area contributed by atoms with E-state index in [4.69, 9.17) is 0 Å². The average molecular weight is 869 g/mol. The number of rotatable bonds is 6. The lowest BCUT2D eigenvalue weighted by molar-refractivity contribution is 0.661. The number of nitrogens with zero attached hydrogens (tertiary/aromatic N) is 4. The summed E-state index contributed by atoms with van der Waals surface area (Å²) in [5.41, 5.74) is 23.0. The monoisotopic (exact) mass is 868 g/mol. The summed E-state index contributed by atoms with van der Waals surface area (Å²) < 4.78 is 2.47. The van der Waals surface area contributed by atoms with Crippen LogP contribution in [0.3, 0.4) is 0 Å². The summed E-state index contributed by atoms with van der Waals surface area (Å²) in [6.07, 6.45) is 0. The smallest absolute Gasteiger partial charge is 0.252 e. The van der Waals surface area contributed by atoms with Crippen LogP contribution in [0.1, 0.15) is 25.0 Å². The van der Waals surface area contributed by atoms with Crippen molar-refractivity contribution >= 4 is 96.1 Å². The van der Waals surface area contributed by atoms with Crippen LogP contribution in [-0.2, 0) is 5.41 Å². The fourth-order valence-electron chi connectivity index (χ4n) is 11.9. The molecule has 0 fully saturated rings. The first kappa shape index (κ1) is 38.7. The molecule has 320 valence electrons. The van der Waals surface area contributed by atoms with Crippen LogP contribution in [-0.4, -0.2) is 11.3 Å². The van der Waals surface area contributed by atoms with Gasteiger partial charge in [-0.05, 0) is 148 Å². The zero-order valence-corrected chi connectivity index (χ0v) is 37.9. The van der Waals surface area contributed by atoms with Crippen molar-refractivity contribution < 1.29 is 0 Å². The van der Waals surface area contributed by atoms with Crippen molar-refractivity contribution in [3.63, 3.8) is 0 Å². The van der Waals surface area contributed by atoms with Gasteiger partial charge in [-0.15, -0.1) is 0 Å². The Morgan fingerprint density at radius 2 is 0.882 bits per heavy atom. The fourth-order valence-corrected chi connectivity index (χ4v) is 11.9. The maximum absolute atomic E-state index is 2.59. The van der Waals surface area contributed by atoms with Crippen LogP contribution >= 0.6 is 0 Å². The number of hydrogen-bond acceptors (Lipinski definition) is 3. The summed E-state index contributed by atoms with van der Waals surface area (Å²) in [4.78, 5) is 7.43. The summed E-state index contributed by atoms with van der Waals surface area (Å²) in [6, 6.07) is 87.4. The van der Waals surface area contributed by atoms with E-state index >= 15 is 0 Å². The Morgan fingerprint density at radius 3 is 1.50 bits per heavy atom. The molecule has 0 radical (unpaired) electrons. The van der Waals surface area contributed by atoms with E-state index in [1.54, 1.807) is 0 Å². The van der Waals surface area contributed by atoms with Crippen molar-refractivity contribution in [1.82, 2.24) is 4.57 Å². The number of benzene rings is 10. The highest BCUT2D eigenvalue weighted by atomic mass is 15.2. The molecular formula is C63H45BN4. The van der Waals surface area contributed by atoms with Gasteiger partial charge in [0, 0.05) is 73.1 Å². The Labute approximate surface area is 397 Å². The van der Waals surface area contributed by atoms with Crippen LogP contribution in [0, 0.1) is 0 Å². The third-order valence-corrected chi connectivity index (χ3v) is 14.9. The van der Waals surface area contributed by atoms with Gasteiger partial charge < -0.3 is 19.3 Å². The first-order chi connectivity index (χ1) is 33.5. The van der Waals surface area contributed by atoms with Crippen LogP contribution in [0.15, 0.2) is 237 Å². The second-order valence-corrected chi connectivity index (χ2v) is 18.9. The summed E-state index contributed by atoms with van der Waals surface area (Å²) in [5.74, 6) is 0. The number of fused-ring (bicyclic) bond motifs is 10. The van der Waals surface area contributed by atoms with Crippen molar-refractivity contribution in [2.45, 2.75) is 19.3 Å². The molecule has 5 heteroatoms. The van der Waals surface area contributed by atoms with Gasteiger partial charge in [-0.25, -0.2) is 0 Å². The lowest BCUT2D eigenvalue weighted by Crippen LogP contribution is -2.61. The van der Waals surface area contributed by atoms with Gasteiger partial charge in [0.25, 0.3) is 6.71 Å². The molecule has 0 spiro atoms. The van der Waals surface area contributed by atoms with Gasteiger partial charge >= 0.3 is 0 Å². The van der Waals surface area contributed by atoms with E-state index in [1.807, 2.05) is 0 Å². The third kappa shape index (κ3) is 5.56. The second-order valence-electron chi connectivity index (χ2n) is 18.9. The molecule has 0 atom stereocenters. The average Bonchev–Trinajstić information content (AvgIpc) is 3.83. The number of anilines is 9. The zero-order chi connectivity index (χ0) is 45.1. The minimum Gasteiger partial charge on any atom is -0.311 e. The highest BCUT2D eigenvalue weighted by molar-refractivity contribution is 7.00. The quantitative estimate of drug-likeness (QED) is 0.155. The molecule has 0 saturated carbocycles. The van der Waals surface area contributed by atoms with Gasteiger partial charge in [0.05, 0.1) is 11.0 Å². The molecule has 0 saturated heterocycles. The molecule has 14 rings (SSSR count). The maximum atomic E-state index is 2.59. The number of hydrogen-bond donors (Lipinski definition) is 0. The van der Waals surface area contributed by atoms with E-state index in [9.17, 15) is 0 Å². The van der Waals surface area contributed by atoms with Crippen LogP contribution in [0.2, 0.25) is 0 Å². The molecule has 0 bridgehead atoms. The predicted molar refractivity (Wildman–Crippen MR) is 287 cm³/mol. The van der Waals surface area contributed by atoms with Crippen molar-refractivity contribution in [3.05, 3.63) is 248 Å². The molecule has 11 aromatic rings. The van der Waals surface area contributed by atoms with Gasteiger partial charge in [0.1, 0.15) is 0 Å². The van der Waals surface area contributed by atoms with Gasteiger partial charge in [-0.3, -0.25) is 0 Å². The molecule has 68 heavy (non-hydrogen) atoms. The molecule has 3 heterocycles. The summed E-state index contributed by atoms with van der Waals surface area (Å²) in [6.45, 7) is 4.80. The van der Waals surface area contributed by atoms with Crippen LogP contribution in [0.25, 0.3) is 38.6 Å². The normalized spacial score (nSPS) is 13.8. The van der Waals surface area contributed by atoms with E-state index in [2.05, 4.69) is 270 Å². The molecule has 3 aliphatic rings. The molecule has 1 aromatic heterocycles. The summed E-state index contributed by atoms with van der Waals surface area (Å²) >= 11 is 0. The molecule has 0 unspecified atom stereocenters. The molecule has 0 N–H and O–H groups in total. The van der Waals surface area contributed by atoms with Crippen molar-refractivity contribution in [2.24, 2.45) is 0 Å². The summed E-state index contributed by atoms with van der Waals surface area (Å²) in [7, 11) is 0. The Hall–Kier alpha value is -8.54. The Kier molecular flexibility index (Phi) is 8.39. The number of para-hydroxylation sites is 6. The van der Waals surface area contributed by atoms with E-state index in [0.717, 1.165) is 34.1 Å². The van der Waals surface area contributed by atoms with Crippen LogP contribution in [0.4, 0.5) is 51.2 Å². The minimum atomic E-state index is -0.288. The Morgan fingerprint density at radius 1 is 0.368 bits per heavy atom. The van der Waals surface area contributed by atoms with Gasteiger partial charge in [-0.2, -0.15) is 0 Å². The van der Waals surface area contributed by atoms with Crippen molar-refractivity contribution in [3.8, 4) is 16.8 Å². The lowest BCUT2D eigenvalue weighted by atomic mass is 9.33. The highest BCUT2D eigenvalue weighted by Crippen LogP contribution is 2.54. The summed E-state index contributed by atoms with van der Waals surface area (Å²) in [5, 5.41) is 2.49. The molecule has 0 amide bonds. The molecular weight excluding hydrogens is 824 g/mol. The molecule has 2 aliphatic heterocycles. The topological polar surface area (TPSA) is 14.7 Å². The first-order valence-corrected chi connectivity index (χ1v) is 23.7. The number of aromatic nitrogens is 1. The Balaban J connectivity index is 1.04. The van der Waals surface area contributed by atoms with E-state index in [-0.39, 0.29) is 12.1 Å². The zero-order valence-electron chi connectivity index (χ0n) is 37.9. The van der Waals surface area contributed by atoms with Crippen LogP contribution < -0.4 is 31.1 Å². The molecule has 4 nitrogen and oxygen atoms in total. The fraction of sp³-hybridized carbons (Fsp3) is 0.0476. The van der Waals surface area contributed by atoms with E-state index in [0.29, 0.717) is 0 Å². The van der Waals surface area contributed by atoms with Gasteiger partial charge in [-0.1, -0.05) is 141 Å². The lowest BCUT2D eigenvalue weighted by Gasteiger charge is -2.44. The van der Waals surface area contributed by atoms with Gasteiger partial charge in [0.15, 0.2) is 0 Å². The molecule has 1 aliphatic carbocycles. The second kappa shape index (κ2) is 14.7. The molecule has 10 aromatic carbocycles. The van der Waals surface area contributed by atoms with Crippen LogP contribution in [0.5, 0.6) is 0 Å². The Bertz CT molecular complexity index is 3730. The SMILES string of the molecule is CC1(C)c2cc(N(c3ccccc3)c3ccccc3)ccc2-c2cc3c(cc21)B1c2cc4c(cc2N(c2ccccc2)c2cccc(c21)N3c1ccccc1)c1ccccc1n4-c1ccccc1. The largest absolute Gasteiger partial charge is 0.311 e.